The van der Waals surface area contributed by atoms with E-state index in [-0.39, 0.29) is 28.5 Å². The van der Waals surface area contributed by atoms with Crippen LogP contribution in [0.3, 0.4) is 0 Å². The van der Waals surface area contributed by atoms with Crippen molar-refractivity contribution in [3.8, 4) is 11.5 Å². The second kappa shape index (κ2) is 9.14. The van der Waals surface area contributed by atoms with Crippen molar-refractivity contribution in [3.05, 3.63) is 59.7 Å². The van der Waals surface area contributed by atoms with E-state index in [1.165, 1.54) is 33.3 Å². The van der Waals surface area contributed by atoms with Gasteiger partial charge in [0, 0.05) is 26.7 Å². The number of carbonyl (C=O) groups excluding carboxylic acids is 1. The SMILES string of the molecule is COc1ccc(NC(=O)c2ccccc2OCc2noc(C)n2)cc1S(=O)(=O)N(C)C. The smallest absolute Gasteiger partial charge is 0.259 e. The lowest BCUT2D eigenvalue weighted by Gasteiger charge is -2.16. The maximum atomic E-state index is 12.9. The van der Waals surface area contributed by atoms with Crippen molar-refractivity contribution in [1.82, 2.24) is 14.4 Å². The summed E-state index contributed by atoms with van der Waals surface area (Å²) in [5.74, 6) is 0.773. The standard InChI is InChI=1S/C20H22N4O6S/c1-13-21-19(23-30-13)12-29-16-8-6-5-7-15(16)20(25)22-14-9-10-17(28-4)18(11-14)31(26,27)24(2)3/h5-11H,12H2,1-4H3,(H,22,25). The second-order valence-corrected chi connectivity index (χ2v) is 8.74. The molecule has 10 nitrogen and oxygen atoms in total. The van der Waals surface area contributed by atoms with Crippen LogP contribution in [0, 0.1) is 6.92 Å². The van der Waals surface area contributed by atoms with Crippen molar-refractivity contribution in [1.29, 1.82) is 0 Å². The minimum absolute atomic E-state index is 0.0232. The van der Waals surface area contributed by atoms with Gasteiger partial charge in [-0.3, -0.25) is 4.79 Å². The third kappa shape index (κ3) is 5.01. The summed E-state index contributed by atoms with van der Waals surface area (Å²) in [6.45, 7) is 1.69. The molecule has 3 aromatic rings. The molecule has 164 valence electrons. The number of aryl methyl sites for hydroxylation is 1. The maximum Gasteiger partial charge on any atom is 0.259 e. The van der Waals surface area contributed by atoms with Crippen LogP contribution >= 0.6 is 0 Å². The third-order valence-electron chi connectivity index (χ3n) is 4.24. The Labute approximate surface area is 179 Å². The van der Waals surface area contributed by atoms with Crippen LogP contribution in [0.15, 0.2) is 51.9 Å². The largest absolute Gasteiger partial charge is 0.495 e. The van der Waals surface area contributed by atoms with Crippen molar-refractivity contribution in [2.45, 2.75) is 18.4 Å². The van der Waals surface area contributed by atoms with Crippen molar-refractivity contribution >= 4 is 21.6 Å². The average molecular weight is 446 g/mol. The molecule has 0 bridgehead atoms. The molecule has 0 saturated carbocycles. The fourth-order valence-corrected chi connectivity index (χ4v) is 3.75. The molecule has 0 aliphatic rings. The Kier molecular flexibility index (Phi) is 6.56. The third-order valence-corrected chi connectivity index (χ3v) is 6.07. The molecule has 11 heteroatoms. The summed E-state index contributed by atoms with van der Waals surface area (Å²) in [5, 5.41) is 6.45. The van der Waals surface area contributed by atoms with Gasteiger partial charge in [0.1, 0.15) is 16.4 Å². The number of nitrogens with zero attached hydrogens (tertiary/aromatic N) is 3. The molecule has 1 N–H and O–H groups in total. The van der Waals surface area contributed by atoms with Crippen LogP contribution in [0.4, 0.5) is 5.69 Å². The summed E-state index contributed by atoms with van der Waals surface area (Å²) in [5.41, 5.74) is 0.547. The number of benzene rings is 2. The molecule has 0 unspecified atom stereocenters. The number of hydrogen-bond acceptors (Lipinski definition) is 8. The van der Waals surface area contributed by atoms with Crippen LogP contribution in [-0.4, -0.2) is 50.0 Å². The zero-order valence-electron chi connectivity index (χ0n) is 17.4. The van der Waals surface area contributed by atoms with E-state index in [0.29, 0.717) is 17.5 Å². The van der Waals surface area contributed by atoms with Crippen molar-refractivity contribution in [2.24, 2.45) is 0 Å². The maximum absolute atomic E-state index is 12.9. The van der Waals surface area contributed by atoms with Gasteiger partial charge in [-0.1, -0.05) is 17.3 Å². The number of hydrogen-bond donors (Lipinski definition) is 1. The number of nitrogens with one attached hydrogen (secondary N) is 1. The Hall–Kier alpha value is -3.44. The lowest BCUT2D eigenvalue weighted by molar-refractivity contribution is 0.102. The minimum atomic E-state index is -3.78. The minimum Gasteiger partial charge on any atom is -0.495 e. The number of ether oxygens (including phenoxy) is 2. The van der Waals surface area contributed by atoms with E-state index in [1.54, 1.807) is 37.3 Å². The predicted octanol–water partition coefficient (Wildman–Crippen LogP) is 2.47. The van der Waals surface area contributed by atoms with Gasteiger partial charge < -0.3 is 19.3 Å². The average Bonchev–Trinajstić information content (AvgIpc) is 3.17. The van der Waals surface area contributed by atoms with E-state index in [0.717, 1.165) is 4.31 Å². The van der Waals surface area contributed by atoms with Gasteiger partial charge in [0.05, 0.1) is 12.7 Å². The first-order valence-electron chi connectivity index (χ1n) is 9.15. The molecule has 1 aromatic heterocycles. The fraction of sp³-hybridized carbons (Fsp3) is 0.250. The van der Waals surface area contributed by atoms with Crippen molar-refractivity contribution in [3.63, 3.8) is 0 Å². The lowest BCUT2D eigenvalue weighted by Crippen LogP contribution is -2.23. The van der Waals surface area contributed by atoms with Crippen LogP contribution in [0.1, 0.15) is 22.1 Å². The zero-order valence-corrected chi connectivity index (χ0v) is 18.3. The topological polar surface area (TPSA) is 124 Å². The van der Waals surface area contributed by atoms with Crippen molar-refractivity contribution in [2.75, 3.05) is 26.5 Å². The number of amides is 1. The summed E-state index contributed by atoms with van der Waals surface area (Å²) >= 11 is 0. The lowest BCUT2D eigenvalue weighted by atomic mass is 10.2. The number of anilines is 1. The molecule has 2 aromatic carbocycles. The summed E-state index contributed by atoms with van der Waals surface area (Å²) in [6, 6.07) is 11.0. The normalized spacial score (nSPS) is 11.4. The highest BCUT2D eigenvalue weighted by Crippen LogP contribution is 2.29. The molecular formula is C20H22N4O6S. The Morgan fingerprint density at radius 3 is 2.55 bits per heavy atom. The van der Waals surface area contributed by atoms with E-state index >= 15 is 0 Å². The summed E-state index contributed by atoms with van der Waals surface area (Å²) in [7, 11) is 0.429. The monoisotopic (exact) mass is 446 g/mol. The number of rotatable bonds is 8. The zero-order chi connectivity index (χ0) is 22.6. The Bertz CT molecular complexity index is 1190. The Morgan fingerprint density at radius 1 is 1.16 bits per heavy atom. The molecule has 3 rings (SSSR count). The number of methoxy groups -OCH3 is 1. The summed E-state index contributed by atoms with van der Waals surface area (Å²) in [6.07, 6.45) is 0. The van der Waals surface area contributed by atoms with Gasteiger partial charge >= 0.3 is 0 Å². The molecule has 31 heavy (non-hydrogen) atoms. The van der Waals surface area contributed by atoms with Crippen LogP contribution in [0.2, 0.25) is 0 Å². The molecule has 0 radical (unpaired) electrons. The molecule has 0 saturated heterocycles. The quantitative estimate of drug-likeness (QED) is 0.560. The van der Waals surface area contributed by atoms with Crippen molar-refractivity contribution < 1.29 is 27.2 Å². The number of aromatic nitrogens is 2. The Balaban J connectivity index is 1.83. The van der Waals surface area contributed by atoms with E-state index in [2.05, 4.69) is 15.5 Å². The van der Waals surface area contributed by atoms with Gasteiger partial charge in [0.15, 0.2) is 6.61 Å². The highest BCUT2D eigenvalue weighted by molar-refractivity contribution is 7.89. The molecule has 0 aliphatic carbocycles. The summed E-state index contributed by atoms with van der Waals surface area (Å²) < 4.78 is 42.0. The van der Waals surface area contributed by atoms with Gasteiger partial charge in [-0.15, -0.1) is 0 Å². The highest BCUT2D eigenvalue weighted by Gasteiger charge is 2.23. The van der Waals surface area contributed by atoms with Gasteiger partial charge in [-0.25, -0.2) is 12.7 Å². The van der Waals surface area contributed by atoms with E-state index in [9.17, 15) is 13.2 Å². The van der Waals surface area contributed by atoms with E-state index < -0.39 is 15.9 Å². The number of sulfonamides is 1. The molecular weight excluding hydrogens is 424 g/mol. The first-order valence-corrected chi connectivity index (χ1v) is 10.6. The highest BCUT2D eigenvalue weighted by atomic mass is 32.2. The van der Waals surface area contributed by atoms with Crippen LogP contribution in [0.5, 0.6) is 11.5 Å². The van der Waals surface area contributed by atoms with Gasteiger partial charge in [0.2, 0.25) is 21.7 Å². The van der Waals surface area contributed by atoms with E-state index in [4.69, 9.17) is 14.0 Å². The summed E-state index contributed by atoms with van der Waals surface area (Å²) in [4.78, 5) is 16.9. The van der Waals surface area contributed by atoms with Crippen LogP contribution < -0.4 is 14.8 Å². The van der Waals surface area contributed by atoms with E-state index in [1.807, 2.05) is 0 Å². The predicted molar refractivity (Wildman–Crippen MR) is 112 cm³/mol. The molecule has 0 atom stereocenters. The number of para-hydroxylation sites is 1. The van der Waals surface area contributed by atoms with Gasteiger partial charge in [-0.05, 0) is 30.3 Å². The van der Waals surface area contributed by atoms with Gasteiger partial charge in [0.25, 0.3) is 5.91 Å². The molecule has 0 aliphatic heterocycles. The second-order valence-electron chi connectivity index (χ2n) is 6.62. The Morgan fingerprint density at radius 2 is 1.90 bits per heavy atom. The first-order chi connectivity index (χ1) is 14.7. The van der Waals surface area contributed by atoms with Gasteiger partial charge in [-0.2, -0.15) is 4.98 Å². The molecule has 0 spiro atoms. The van der Waals surface area contributed by atoms with Crippen LogP contribution in [0.25, 0.3) is 0 Å². The first kappa shape index (κ1) is 22.2. The van der Waals surface area contributed by atoms with Crippen LogP contribution in [-0.2, 0) is 16.6 Å². The molecule has 1 heterocycles. The number of carbonyl (C=O) groups is 1. The molecule has 0 fully saturated rings. The fourth-order valence-electron chi connectivity index (χ4n) is 2.67. The molecule has 1 amide bonds.